The second-order valence-corrected chi connectivity index (χ2v) is 6.79. The highest BCUT2D eigenvalue weighted by Gasteiger charge is 2.26. The van der Waals surface area contributed by atoms with Gasteiger partial charge in [0.2, 0.25) is 0 Å². The minimum absolute atomic E-state index is 0.177. The Morgan fingerprint density at radius 1 is 1.04 bits per heavy atom. The first-order valence-electron chi connectivity index (χ1n) is 7.95. The van der Waals surface area contributed by atoms with E-state index in [1.165, 1.54) is 12.1 Å². The van der Waals surface area contributed by atoms with Gasteiger partial charge in [-0.25, -0.2) is 4.39 Å². The van der Waals surface area contributed by atoms with E-state index in [-0.39, 0.29) is 11.7 Å². The Morgan fingerprint density at radius 2 is 1.81 bits per heavy atom. The van der Waals surface area contributed by atoms with E-state index in [4.69, 9.17) is 23.2 Å². The molecule has 4 rings (SSSR count). The summed E-state index contributed by atoms with van der Waals surface area (Å²) in [5.41, 5.74) is 1.19. The Hall–Kier alpha value is -2.44. The third-order valence-electron chi connectivity index (χ3n) is 4.30. The van der Waals surface area contributed by atoms with Crippen molar-refractivity contribution in [1.29, 1.82) is 0 Å². The zero-order valence-electron chi connectivity index (χ0n) is 13.5. The van der Waals surface area contributed by atoms with Crippen LogP contribution in [0.4, 0.5) is 4.39 Å². The van der Waals surface area contributed by atoms with Crippen molar-refractivity contribution in [1.82, 2.24) is 19.7 Å². The molecule has 0 spiro atoms. The Kier molecular flexibility index (Phi) is 4.38. The highest BCUT2D eigenvalue weighted by Crippen LogP contribution is 2.26. The van der Waals surface area contributed by atoms with Gasteiger partial charge in [-0.3, -0.25) is 4.79 Å². The molecule has 2 heterocycles. The number of benzene rings is 2. The lowest BCUT2D eigenvalue weighted by Crippen LogP contribution is -2.38. The SMILES string of the molecule is O=C(c1ccc(Cl)cc1Cl)N1CCn2c(nnc2-c2ccc(F)cc2)C1. The average Bonchev–Trinajstić information content (AvgIpc) is 3.05. The molecule has 0 bridgehead atoms. The van der Waals surface area contributed by atoms with Crippen molar-refractivity contribution in [3.05, 3.63) is 69.7 Å². The van der Waals surface area contributed by atoms with Gasteiger partial charge in [-0.2, -0.15) is 0 Å². The molecule has 0 N–H and O–H groups in total. The van der Waals surface area contributed by atoms with E-state index < -0.39 is 0 Å². The number of amides is 1. The van der Waals surface area contributed by atoms with Gasteiger partial charge in [-0.15, -0.1) is 10.2 Å². The molecule has 0 saturated heterocycles. The molecule has 0 radical (unpaired) electrons. The molecule has 2 aromatic carbocycles. The van der Waals surface area contributed by atoms with E-state index in [9.17, 15) is 9.18 Å². The van der Waals surface area contributed by atoms with Crippen molar-refractivity contribution in [3.63, 3.8) is 0 Å². The summed E-state index contributed by atoms with van der Waals surface area (Å²) in [7, 11) is 0. The molecule has 1 aromatic heterocycles. The molecular weight excluding hydrogens is 378 g/mol. The van der Waals surface area contributed by atoms with Crippen LogP contribution in [0.1, 0.15) is 16.2 Å². The normalized spacial score (nSPS) is 13.6. The lowest BCUT2D eigenvalue weighted by Gasteiger charge is -2.28. The van der Waals surface area contributed by atoms with E-state index in [0.29, 0.717) is 46.9 Å². The van der Waals surface area contributed by atoms with E-state index in [2.05, 4.69) is 10.2 Å². The molecule has 1 aliphatic rings. The quantitative estimate of drug-likeness (QED) is 0.663. The van der Waals surface area contributed by atoms with Crippen molar-refractivity contribution in [2.24, 2.45) is 0 Å². The van der Waals surface area contributed by atoms with E-state index >= 15 is 0 Å². The second kappa shape index (κ2) is 6.70. The number of halogens is 3. The predicted molar refractivity (Wildman–Crippen MR) is 96.6 cm³/mol. The van der Waals surface area contributed by atoms with Gasteiger partial charge < -0.3 is 9.47 Å². The molecule has 8 heteroatoms. The molecule has 5 nitrogen and oxygen atoms in total. The molecule has 0 atom stereocenters. The number of hydrogen-bond acceptors (Lipinski definition) is 3. The number of nitrogens with zero attached hydrogens (tertiary/aromatic N) is 4. The summed E-state index contributed by atoms with van der Waals surface area (Å²) < 4.78 is 15.1. The maximum absolute atomic E-state index is 13.1. The lowest BCUT2D eigenvalue weighted by atomic mass is 10.1. The van der Waals surface area contributed by atoms with Gasteiger partial charge in [-0.05, 0) is 42.5 Å². The number of hydrogen-bond donors (Lipinski definition) is 0. The third-order valence-corrected chi connectivity index (χ3v) is 4.85. The molecule has 0 fully saturated rings. The van der Waals surface area contributed by atoms with E-state index in [1.807, 2.05) is 4.57 Å². The second-order valence-electron chi connectivity index (χ2n) is 5.95. The van der Waals surface area contributed by atoms with Gasteiger partial charge in [0, 0.05) is 23.7 Å². The summed E-state index contributed by atoms with van der Waals surface area (Å²) in [5.74, 6) is 0.860. The lowest BCUT2D eigenvalue weighted by molar-refractivity contribution is 0.0708. The van der Waals surface area contributed by atoms with Crippen LogP contribution in [-0.4, -0.2) is 32.1 Å². The Labute approximate surface area is 159 Å². The van der Waals surface area contributed by atoms with Gasteiger partial charge in [0.05, 0.1) is 17.1 Å². The summed E-state index contributed by atoms with van der Waals surface area (Å²) in [6.45, 7) is 1.37. The van der Waals surface area contributed by atoms with Crippen LogP contribution in [0.2, 0.25) is 10.0 Å². The van der Waals surface area contributed by atoms with Crippen LogP contribution in [0.3, 0.4) is 0 Å². The summed E-state index contributed by atoms with van der Waals surface area (Å²) >= 11 is 12.0. The largest absolute Gasteiger partial charge is 0.329 e. The Bertz CT molecular complexity index is 987. The first-order chi connectivity index (χ1) is 12.5. The molecular formula is C18H13Cl2FN4O. The third kappa shape index (κ3) is 3.06. The number of carbonyl (C=O) groups excluding carboxylic acids is 1. The monoisotopic (exact) mass is 390 g/mol. The van der Waals surface area contributed by atoms with Crippen molar-refractivity contribution >= 4 is 29.1 Å². The van der Waals surface area contributed by atoms with E-state index in [0.717, 1.165) is 5.56 Å². The fourth-order valence-electron chi connectivity index (χ4n) is 2.98. The first-order valence-corrected chi connectivity index (χ1v) is 8.71. The average molecular weight is 391 g/mol. The van der Waals surface area contributed by atoms with Crippen LogP contribution in [0.15, 0.2) is 42.5 Å². The van der Waals surface area contributed by atoms with E-state index in [1.54, 1.807) is 35.2 Å². The minimum Gasteiger partial charge on any atom is -0.329 e. The number of rotatable bonds is 2. The maximum atomic E-state index is 13.1. The van der Waals surface area contributed by atoms with Crippen molar-refractivity contribution in [2.75, 3.05) is 6.54 Å². The number of carbonyl (C=O) groups is 1. The standard InChI is InChI=1S/C18H13Cl2FN4O/c19-12-3-6-14(15(20)9-12)18(26)24-7-8-25-16(10-24)22-23-17(25)11-1-4-13(21)5-2-11/h1-6,9H,7-8,10H2. The highest BCUT2D eigenvalue weighted by atomic mass is 35.5. The van der Waals surface area contributed by atoms with Gasteiger partial charge in [0.25, 0.3) is 5.91 Å². The molecule has 3 aromatic rings. The topological polar surface area (TPSA) is 51.0 Å². The maximum Gasteiger partial charge on any atom is 0.255 e. The zero-order chi connectivity index (χ0) is 18.3. The number of fused-ring (bicyclic) bond motifs is 1. The van der Waals surface area contributed by atoms with Crippen LogP contribution in [0.5, 0.6) is 0 Å². The molecule has 26 heavy (non-hydrogen) atoms. The van der Waals surface area contributed by atoms with Crippen molar-refractivity contribution < 1.29 is 9.18 Å². The Morgan fingerprint density at radius 3 is 2.54 bits per heavy atom. The predicted octanol–water partition coefficient (Wildman–Crippen LogP) is 4.05. The van der Waals surface area contributed by atoms with Gasteiger partial charge >= 0.3 is 0 Å². The van der Waals surface area contributed by atoms with Crippen molar-refractivity contribution in [2.45, 2.75) is 13.1 Å². The zero-order valence-corrected chi connectivity index (χ0v) is 15.0. The molecule has 0 unspecified atom stereocenters. The van der Waals surface area contributed by atoms with Gasteiger partial charge in [-0.1, -0.05) is 23.2 Å². The molecule has 1 aliphatic heterocycles. The highest BCUT2D eigenvalue weighted by molar-refractivity contribution is 6.36. The van der Waals surface area contributed by atoms with Crippen LogP contribution in [-0.2, 0) is 13.1 Å². The fraction of sp³-hybridized carbons (Fsp3) is 0.167. The summed E-state index contributed by atoms with van der Waals surface area (Å²) in [6.07, 6.45) is 0. The summed E-state index contributed by atoms with van der Waals surface area (Å²) in [4.78, 5) is 14.4. The fourth-order valence-corrected chi connectivity index (χ4v) is 3.47. The van der Waals surface area contributed by atoms with Crippen LogP contribution < -0.4 is 0 Å². The minimum atomic E-state index is -0.302. The van der Waals surface area contributed by atoms with Crippen LogP contribution in [0.25, 0.3) is 11.4 Å². The summed E-state index contributed by atoms with van der Waals surface area (Å²) in [6, 6.07) is 10.9. The molecule has 1 amide bonds. The van der Waals surface area contributed by atoms with Crippen LogP contribution in [0, 0.1) is 5.82 Å². The Balaban J connectivity index is 1.59. The first kappa shape index (κ1) is 17.0. The molecule has 0 aliphatic carbocycles. The number of aromatic nitrogens is 3. The van der Waals surface area contributed by atoms with Crippen molar-refractivity contribution in [3.8, 4) is 11.4 Å². The summed E-state index contributed by atoms with van der Waals surface area (Å²) in [5, 5.41) is 9.19. The van der Waals surface area contributed by atoms with Crippen LogP contribution >= 0.6 is 23.2 Å². The van der Waals surface area contributed by atoms with Gasteiger partial charge in [0.1, 0.15) is 5.82 Å². The smallest absolute Gasteiger partial charge is 0.255 e. The molecule has 132 valence electrons. The molecule has 0 saturated carbocycles. The van der Waals surface area contributed by atoms with Gasteiger partial charge in [0.15, 0.2) is 11.6 Å².